The number of sulfone groups is 1. The third-order valence-electron chi connectivity index (χ3n) is 2.70. The quantitative estimate of drug-likeness (QED) is 0.834. The van der Waals surface area contributed by atoms with Gasteiger partial charge in [0.15, 0.2) is 9.84 Å². The van der Waals surface area contributed by atoms with Gasteiger partial charge in [-0.1, -0.05) is 12.1 Å². The monoisotopic (exact) mass is 243 g/mol. The molecule has 1 unspecified atom stereocenters. The van der Waals surface area contributed by atoms with Crippen molar-refractivity contribution in [3.8, 4) is 0 Å². The van der Waals surface area contributed by atoms with Gasteiger partial charge in [-0.2, -0.15) is 0 Å². The first-order valence-electron chi connectivity index (χ1n) is 5.23. The maximum atomic E-state index is 12.7. The van der Waals surface area contributed by atoms with E-state index in [1.807, 2.05) is 0 Å². The Morgan fingerprint density at radius 3 is 2.62 bits per heavy atom. The highest BCUT2D eigenvalue weighted by atomic mass is 32.2. The van der Waals surface area contributed by atoms with Gasteiger partial charge in [0.05, 0.1) is 11.5 Å². The van der Waals surface area contributed by atoms with Crippen LogP contribution in [0.3, 0.4) is 0 Å². The summed E-state index contributed by atoms with van der Waals surface area (Å²) in [5.74, 6) is 0.116. The van der Waals surface area contributed by atoms with Gasteiger partial charge in [0.2, 0.25) is 0 Å². The van der Waals surface area contributed by atoms with E-state index in [1.165, 1.54) is 12.1 Å². The molecule has 88 valence electrons. The lowest BCUT2D eigenvalue weighted by Gasteiger charge is -2.23. The molecule has 1 aliphatic rings. The van der Waals surface area contributed by atoms with E-state index >= 15 is 0 Å². The third-order valence-corrected chi connectivity index (χ3v) is 4.43. The predicted octanol–water partition coefficient (Wildman–Crippen LogP) is 0.755. The fourth-order valence-electron chi connectivity index (χ4n) is 1.90. The molecule has 1 atom stereocenters. The van der Waals surface area contributed by atoms with Crippen molar-refractivity contribution in [1.29, 1.82) is 0 Å². The van der Waals surface area contributed by atoms with Gasteiger partial charge in [-0.25, -0.2) is 12.8 Å². The largest absolute Gasteiger partial charge is 0.312 e. The van der Waals surface area contributed by atoms with Crippen molar-refractivity contribution in [2.75, 3.05) is 18.1 Å². The topological polar surface area (TPSA) is 46.2 Å². The van der Waals surface area contributed by atoms with Crippen molar-refractivity contribution >= 4 is 9.84 Å². The molecule has 0 spiro atoms. The maximum absolute atomic E-state index is 12.7. The van der Waals surface area contributed by atoms with Gasteiger partial charge < -0.3 is 5.32 Å². The molecule has 1 N–H and O–H groups in total. The first-order chi connectivity index (χ1) is 7.55. The zero-order valence-corrected chi connectivity index (χ0v) is 9.63. The lowest BCUT2D eigenvalue weighted by molar-refractivity contribution is 0.515. The Hall–Kier alpha value is -0.940. The number of hydrogen-bond acceptors (Lipinski definition) is 3. The maximum Gasteiger partial charge on any atom is 0.153 e. The van der Waals surface area contributed by atoms with E-state index in [2.05, 4.69) is 5.32 Å². The lowest BCUT2D eigenvalue weighted by atomic mass is 10.1. The molecule has 0 amide bonds. The zero-order chi connectivity index (χ0) is 11.6. The average molecular weight is 243 g/mol. The predicted molar refractivity (Wildman–Crippen MR) is 60.5 cm³/mol. The molecule has 0 aliphatic carbocycles. The van der Waals surface area contributed by atoms with Crippen LogP contribution >= 0.6 is 0 Å². The van der Waals surface area contributed by atoms with Crippen molar-refractivity contribution in [3.63, 3.8) is 0 Å². The van der Waals surface area contributed by atoms with Crippen molar-refractivity contribution in [2.24, 2.45) is 0 Å². The van der Waals surface area contributed by atoms with E-state index in [1.54, 1.807) is 12.1 Å². The Bertz CT molecular complexity index is 455. The van der Waals surface area contributed by atoms with Gasteiger partial charge in [-0.15, -0.1) is 0 Å². The highest BCUT2D eigenvalue weighted by molar-refractivity contribution is 7.91. The molecule has 0 bridgehead atoms. The molecule has 16 heavy (non-hydrogen) atoms. The Morgan fingerprint density at radius 2 is 2.00 bits per heavy atom. The molecule has 0 saturated carbocycles. The molecular formula is C11H14FNO2S. The molecular weight excluding hydrogens is 229 g/mol. The lowest BCUT2D eigenvalue weighted by Crippen LogP contribution is -2.46. The van der Waals surface area contributed by atoms with Crippen LogP contribution in [-0.4, -0.2) is 32.5 Å². The second kappa shape index (κ2) is 4.51. The number of halogens is 1. The van der Waals surface area contributed by atoms with Gasteiger partial charge in [-0.3, -0.25) is 0 Å². The fourth-order valence-corrected chi connectivity index (χ4v) is 3.35. The number of nitrogens with one attached hydrogen (secondary N) is 1. The Morgan fingerprint density at radius 1 is 1.31 bits per heavy atom. The van der Waals surface area contributed by atoms with Crippen LogP contribution in [-0.2, 0) is 16.3 Å². The molecule has 2 rings (SSSR count). The van der Waals surface area contributed by atoms with Crippen LogP contribution in [0.5, 0.6) is 0 Å². The van der Waals surface area contributed by atoms with Gasteiger partial charge in [0, 0.05) is 12.6 Å². The van der Waals surface area contributed by atoms with E-state index in [0.29, 0.717) is 13.0 Å². The summed E-state index contributed by atoms with van der Waals surface area (Å²) in [6, 6.07) is 6.12. The van der Waals surface area contributed by atoms with E-state index in [-0.39, 0.29) is 23.4 Å². The standard InChI is InChI=1S/C11H14FNO2S/c12-10-3-1-9(2-4-10)7-11-8-16(14,15)6-5-13-11/h1-4,11,13H,5-8H2. The molecule has 1 fully saturated rings. The van der Waals surface area contributed by atoms with E-state index in [0.717, 1.165) is 5.56 Å². The number of hydrogen-bond donors (Lipinski definition) is 1. The average Bonchev–Trinajstić information content (AvgIpc) is 2.20. The molecule has 1 saturated heterocycles. The van der Waals surface area contributed by atoms with Crippen molar-refractivity contribution in [2.45, 2.75) is 12.5 Å². The van der Waals surface area contributed by atoms with E-state index in [9.17, 15) is 12.8 Å². The highest BCUT2D eigenvalue weighted by Crippen LogP contribution is 2.09. The van der Waals surface area contributed by atoms with Gasteiger partial charge in [0.1, 0.15) is 5.82 Å². The molecule has 5 heteroatoms. The van der Waals surface area contributed by atoms with Crippen LogP contribution in [0.25, 0.3) is 0 Å². The molecule has 0 aromatic heterocycles. The molecule has 1 heterocycles. The third kappa shape index (κ3) is 3.02. The number of rotatable bonds is 2. The summed E-state index contributed by atoms with van der Waals surface area (Å²) in [7, 11) is -2.90. The van der Waals surface area contributed by atoms with E-state index < -0.39 is 9.84 Å². The minimum Gasteiger partial charge on any atom is -0.312 e. The summed E-state index contributed by atoms with van der Waals surface area (Å²) in [6.07, 6.45) is 0.625. The molecule has 1 aromatic rings. The second-order valence-electron chi connectivity index (χ2n) is 4.10. The second-order valence-corrected chi connectivity index (χ2v) is 6.32. The van der Waals surface area contributed by atoms with Crippen LogP contribution < -0.4 is 5.32 Å². The van der Waals surface area contributed by atoms with E-state index in [4.69, 9.17) is 0 Å². The fraction of sp³-hybridized carbons (Fsp3) is 0.455. The Kier molecular flexibility index (Phi) is 3.25. The molecule has 0 radical (unpaired) electrons. The van der Waals surface area contributed by atoms with Gasteiger partial charge in [0.25, 0.3) is 0 Å². The van der Waals surface area contributed by atoms with Crippen molar-refractivity contribution < 1.29 is 12.8 Å². The van der Waals surface area contributed by atoms with Crippen molar-refractivity contribution in [3.05, 3.63) is 35.6 Å². The minimum absolute atomic E-state index is 0.0517. The summed E-state index contributed by atoms with van der Waals surface area (Å²) in [4.78, 5) is 0. The first-order valence-corrected chi connectivity index (χ1v) is 7.05. The van der Waals surface area contributed by atoms with Crippen molar-refractivity contribution in [1.82, 2.24) is 5.32 Å². The van der Waals surface area contributed by atoms with Crippen LogP contribution in [0.1, 0.15) is 5.56 Å². The van der Waals surface area contributed by atoms with Crippen LogP contribution in [0.4, 0.5) is 4.39 Å². The van der Waals surface area contributed by atoms with Gasteiger partial charge >= 0.3 is 0 Å². The molecule has 1 aromatic carbocycles. The smallest absolute Gasteiger partial charge is 0.153 e. The van der Waals surface area contributed by atoms with Gasteiger partial charge in [-0.05, 0) is 24.1 Å². The summed E-state index contributed by atoms with van der Waals surface area (Å²) in [6.45, 7) is 0.508. The summed E-state index contributed by atoms with van der Waals surface area (Å²) < 4.78 is 35.5. The molecule has 3 nitrogen and oxygen atoms in total. The first kappa shape index (κ1) is 11.5. The molecule has 1 aliphatic heterocycles. The Labute approximate surface area is 94.6 Å². The summed E-state index contributed by atoms with van der Waals surface area (Å²) >= 11 is 0. The minimum atomic E-state index is -2.90. The summed E-state index contributed by atoms with van der Waals surface area (Å²) in [5, 5.41) is 3.16. The Balaban J connectivity index is 2.02. The highest BCUT2D eigenvalue weighted by Gasteiger charge is 2.24. The SMILES string of the molecule is O=S1(=O)CCNC(Cc2ccc(F)cc2)C1. The van der Waals surface area contributed by atoms with Crippen LogP contribution in [0, 0.1) is 5.82 Å². The van der Waals surface area contributed by atoms with Crippen LogP contribution in [0.15, 0.2) is 24.3 Å². The summed E-state index contributed by atoms with van der Waals surface area (Å²) in [5.41, 5.74) is 0.955. The number of benzene rings is 1. The van der Waals surface area contributed by atoms with Crippen LogP contribution in [0.2, 0.25) is 0 Å². The normalized spacial score (nSPS) is 24.2. The zero-order valence-electron chi connectivity index (χ0n) is 8.82.